The molecule has 0 bridgehead atoms. The molecule has 0 amide bonds. The summed E-state index contributed by atoms with van der Waals surface area (Å²) in [6, 6.07) is 5.65. The molecule has 1 N–H and O–H groups in total. The summed E-state index contributed by atoms with van der Waals surface area (Å²) in [5.74, 6) is 0.335. The molecule has 0 aromatic heterocycles. The van der Waals surface area contributed by atoms with Gasteiger partial charge in [0.2, 0.25) is 0 Å². The van der Waals surface area contributed by atoms with Gasteiger partial charge in [-0.3, -0.25) is 0 Å². The Balaban J connectivity index is 1.99. The number of amidine groups is 1. The van der Waals surface area contributed by atoms with Gasteiger partial charge < -0.3 is 14.7 Å². The van der Waals surface area contributed by atoms with Gasteiger partial charge in [-0.2, -0.15) is 0 Å². The molecular weight excluding hydrogens is 340 g/mol. The summed E-state index contributed by atoms with van der Waals surface area (Å²) in [4.78, 5) is 18.7. The molecule has 136 valence electrons. The number of anilines is 1. The Kier molecular flexibility index (Phi) is 5.35. The van der Waals surface area contributed by atoms with Crippen LogP contribution < -0.4 is 4.90 Å². The molecule has 1 aromatic carbocycles. The third kappa shape index (κ3) is 3.67. The molecule has 6 heteroatoms. The van der Waals surface area contributed by atoms with Crippen molar-refractivity contribution in [3.05, 3.63) is 28.8 Å². The highest BCUT2D eigenvalue weighted by Crippen LogP contribution is 2.36. The van der Waals surface area contributed by atoms with Crippen LogP contribution in [-0.4, -0.2) is 35.8 Å². The van der Waals surface area contributed by atoms with E-state index in [9.17, 15) is 9.90 Å². The van der Waals surface area contributed by atoms with Crippen LogP contribution in [0.3, 0.4) is 0 Å². The first kappa shape index (κ1) is 18.2. The molecule has 1 fully saturated rings. The maximum absolute atomic E-state index is 12.3. The number of esters is 1. The van der Waals surface area contributed by atoms with Crippen molar-refractivity contribution in [1.82, 2.24) is 0 Å². The fraction of sp³-hybridized carbons (Fsp3) is 0.579. The van der Waals surface area contributed by atoms with Gasteiger partial charge >= 0.3 is 5.97 Å². The smallest absolute Gasteiger partial charge is 0.363 e. The van der Waals surface area contributed by atoms with Crippen molar-refractivity contribution >= 4 is 29.1 Å². The lowest BCUT2D eigenvalue weighted by Crippen LogP contribution is -2.44. The second-order valence-electron chi connectivity index (χ2n) is 6.86. The van der Waals surface area contributed by atoms with E-state index in [1.165, 1.54) is 6.42 Å². The summed E-state index contributed by atoms with van der Waals surface area (Å²) in [6.07, 6.45) is 5.55. The molecule has 1 saturated carbocycles. The molecule has 5 nitrogen and oxygen atoms in total. The minimum atomic E-state index is -1.85. The number of carbonyl (C=O) groups is 1. The molecule has 1 aromatic rings. The number of ether oxygens (including phenoxy) is 1. The number of hydrogen-bond acceptors (Lipinski definition) is 5. The highest BCUT2D eigenvalue weighted by molar-refractivity contribution is 6.31. The summed E-state index contributed by atoms with van der Waals surface area (Å²) in [5, 5.41) is 11.5. The van der Waals surface area contributed by atoms with E-state index in [0.717, 1.165) is 42.8 Å². The van der Waals surface area contributed by atoms with E-state index >= 15 is 0 Å². The van der Waals surface area contributed by atoms with E-state index in [1.54, 1.807) is 6.92 Å². The topological polar surface area (TPSA) is 62.1 Å². The first-order chi connectivity index (χ1) is 11.9. The Morgan fingerprint density at radius 2 is 2.12 bits per heavy atom. The van der Waals surface area contributed by atoms with Crippen LogP contribution in [0.1, 0.15) is 44.6 Å². The molecule has 1 aliphatic carbocycles. The summed E-state index contributed by atoms with van der Waals surface area (Å²) in [5.41, 5.74) is 0.0652. The van der Waals surface area contributed by atoms with Gasteiger partial charge in [0.1, 0.15) is 5.84 Å². The number of hydrogen-bond donors (Lipinski definition) is 1. The predicted octanol–water partition coefficient (Wildman–Crippen LogP) is 3.70. The van der Waals surface area contributed by atoms with Crippen LogP contribution in [0, 0.1) is 12.8 Å². The maximum atomic E-state index is 12.3. The van der Waals surface area contributed by atoms with Crippen molar-refractivity contribution in [3.63, 3.8) is 0 Å². The second-order valence-corrected chi connectivity index (χ2v) is 7.30. The van der Waals surface area contributed by atoms with Gasteiger partial charge in [0.25, 0.3) is 5.72 Å². The first-order valence-corrected chi connectivity index (χ1v) is 9.35. The molecule has 25 heavy (non-hydrogen) atoms. The van der Waals surface area contributed by atoms with Gasteiger partial charge in [-0.25, -0.2) is 9.79 Å². The second kappa shape index (κ2) is 7.34. The molecule has 0 spiro atoms. The average molecular weight is 365 g/mol. The van der Waals surface area contributed by atoms with Crippen molar-refractivity contribution in [3.8, 4) is 0 Å². The number of aliphatic hydroxyl groups is 1. The maximum Gasteiger partial charge on any atom is 0.363 e. The van der Waals surface area contributed by atoms with Crippen LogP contribution in [0.15, 0.2) is 23.2 Å². The summed E-state index contributed by atoms with van der Waals surface area (Å²) in [7, 11) is 0. The summed E-state index contributed by atoms with van der Waals surface area (Å²) in [6.45, 7) is 4.00. The van der Waals surface area contributed by atoms with Crippen LogP contribution in [0.5, 0.6) is 0 Å². The highest BCUT2D eigenvalue weighted by Gasteiger charge is 2.47. The molecule has 1 aliphatic heterocycles. The number of rotatable bonds is 4. The standard InChI is InChI=1S/C19H25ClN2O3/c1-3-25-18(23)19(24)12-22(16-11-15(20)10-9-13(16)2)17(21-19)14-7-5-4-6-8-14/h9-11,14,24H,3-8,12H2,1-2H3. The number of aryl methyl sites for hydroxylation is 1. The summed E-state index contributed by atoms with van der Waals surface area (Å²) < 4.78 is 5.05. The predicted molar refractivity (Wildman–Crippen MR) is 99.1 cm³/mol. The zero-order valence-corrected chi connectivity index (χ0v) is 15.6. The van der Waals surface area contributed by atoms with Crippen molar-refractivity contribution in [1.29, 1.82) is 0 Å². The molecule has 1 heterocycles. The van der Waals surface area contributed by atoms with E-state index in [0.29, 0.717) is 5.02 Å². The Labute approximate surface area is 153 Å². The quantitative estimate of drug-likeness (QED) is 0.827. The van der Waals surface area contributed by atoms with E-state index in [4.69, 9.17) is 16.3 Å². The molecule has 1 atom stereocenters. The number of benzene rings is 1. The van der Waals surface area contributed by atoms with E-state index in [2.05, 4.69) is 4.99 Å². The normalized spacial score (nSPS) is 24.3. The number of nitrogens with zero attached hydrogens (tertiary/aromatic N) is 2. The third-order valence-electron chi connectivity index (χ3n) is 4.99. The third-order valence-corrected chi connectivity index (χ3v) is 5.22. The van der Waals surface area contributed by atoms with Gasteiger partial charge in [0, 0.05) is 16.6 Å². The number of carbonyl (C=O) groups excluding carboxylic acids is 1. The average Bonchev–Trinajstić information content (AvgIpc) is 2.97. The van der Waals surface area contributed by atoms with Crippen molar-refractivity contribution < 1.29 is 14.6 Å². The fourth-order valence-corrected chi connectivity index (χ4v) is 3.86. The molecular formula is C19H25ClN2O3. The molecule has 3 rings (SSSR count). The first-order valence-electron chi connectivity index (χ1n) is 8.97. The Bertz CT molecular complexity index is 685. The van der Waals surface area contributed by atoms with Crippen LogP contribution in [0.25, 0.3) is 0 Å². The van der Waals surface area contributed by atoms with Crippen LogP contribution >= 0.6 is 11.6 Å². The fourth-order valence-electron chi connectivity index (χ4n) is 3.70. The SMILES string of the molecule is CCOC(=O)C1(O)CN(c2cc(Cl)ccc2C)C(C2CCCCC2)=N1. The molecule has 2 aliphatic rings. The van der Waals surface area contributed by atoms with Crippen molar-refractivity contribution in [2.45, 2.75) is 51.7 Å². The van der Waals surface area contributed by atoms with Gasteiger partial charge in [-0.15, -0.1) is 0 Å². The Morgan fingerprint density at radius 3 is 2.80 bits per heavy atom. The van der Waals surface area contributed by atoms with Crippen molar-refractivity contribution in [2.75, 3.05) is 18.1 Å². The van der Waals surface area contributed by atoms with Gasteiger partial charge in [-0.05, 0) is 44.4 Å². The Hall–Kier alpha value is -1.59. The summed E-state index contributed by atoms with van der Waals surface area (Å²) >= 11 is 6.19. The zero-order valence-electron chi connectivity index (χ0n) is 14.8. The largest absolute Gasteiger partial charge is 0.462 e. The van der Waals surface area contributed by atoms with Gasteiger partial charge in [0.05, 0.1) is 13.2 Å². The minimum Gasteiger partial charge on any atom is -0.462 e. The van der Waals surface area contributed by atoms with E-state index in [-0.39, 0.29) is 19.1 Å². The van der Waals surface area contributed by atoms with Crippen molar-refractivity contribution in [2.24, 2.45) is 10.9 Å². The van der Waals surface area contributed by atoms with Crippen LogP contribution in [-0.2, 0) is 9.53 Å². The number of aliphatic imine (C=N–C) groups is 1. The van der Waals surface area contributed by atoms with Gasteiger partial charge in [0.15, 0.2) is 0 Å². The monoisotopic (exact) mass is 364 g/mol. The van der Waals surface area contributed by atoms with E-state index < -0.39 is 11.7 Å². The molecule has 1 unspecified atom stereocenters. The lowest BCUT2D eigenvalue weighted by atomic mass is 9.88. The lowest BCUT2D eigenvalue weighted by Gasteiger charge is -2.30. The minimum absolute atomic E-state index is 0.0683. The van der Waals surface area contributed by atoms with Crippen LogP contribution in [0.2, 0.25) is 5.02 Å². The molecule has 0 radical (unpaired) electrons. The lowest BCUT2D eigenvalue weighted by molar-refractivity contribution is -0.162. The van der Waals surface area contributed by atoms with E-state index in [1.807, 2.05) is 30.0 Å². The zero-order chi connectivity index (χ0) is 18.0. The van der Waals surface area contributed by atoms with Gasteiger partial charge in [-0.1, -0.05) is 36.9 Å². The Morgan fingerprint density at radius 1 is 1.40 bits per heavy atom. The highest BCUT2D eigenvalue weighted by atomic mass is 35.5. The molecule has 0 saturated heterocycles. The van der Waals surface area contributed by atoms with Crippen LogP contribution in [0.4, 0.5) is 5.69 Å². The number of β-amino-alcohol motifs (C(OH)–C–C–N with tert-alkyl or cyclic N) is 1. The number of halogens is 1.